The Morgan fingerprint density at radius 1 is 1.50 bits per heavy atom. The van der Waals surface area contributed by atoms with Crippen molar-refractivity contribution in [2.24, 2.45) is 0 Å². The van der Waals surface area contributed by atoms with Gasteiger partial charge in [-0.05, 0) is 32.0 Å². The highest BCUT2D eigenvalue weighted by molar-refractivity contribution is 7.80. The first-order valence-electron chi connectivity index (χ1n) is 4.57. The fourth-order valence-corrected chi connectivity index (χ4v) is 1.50. The van der Waals surface area contributed by atoms with Gasteiger partial charge < -0.3 is 4.74 Å². The summed E-state index contributed by atoms with van der Waals surface area (Å²) in [6.07, 6.45) is 0.406. The molecule has 0 amide bonds. The number of ketones is 1. The van der Waals surface area contributed by atoms with E-state index in [9.17, 15) is 4.79 Å². The standard InChI is InChI=1S/C11H14O2S/c1-3-13-11-5-4-10(14)7-9(11)6-8(2)12/h4-5,7,14H,3,6H2,1-2H3. The Kier molecular flexibility index (Phi) is 4.01. The summed E-state index contributed by atoms with van der Waals surface area (Å²) in [6.45, 7) is 4.10. The first-order chi connectivity index (χ1) is 6.63. The summed E-state index contributed by atoms with van der Waals surface area (Å²) < 4.78 is 5.41. The van der Waals surface area contributed by atoms with Gasteiger partial charge in [0.1, 0.15) is 11.5 Å². The van der Waals surface area contributed by atoms with Gasteiger partial charge in [-0.1, -0.05) is 0 Å². The fourth-order valence-electron chi connectivity index (χ4n) is 1.27. The Morgan fingerprint density at radius 3 is 2.79 bits per heavy atom. The van der Waals surface area contributed by atoms with Gasteiger partial charge in [-0.25, -0.2) is 0 Å². The van der Waals surface area contributed by atoms with E-state index in [0.29, 0.717) is 13.0 Å². The van der Waals surface area contributed by atoms with Crippen LogP contribution in [0, 0.1) is 0 Å². The molecule has 0 aliphatic carbocycles. The second kappa shape index (κ2) is 5.05. The molecule has 1 aromatic rings. The summed E-state index contributed by atoms with van der Waals surface area (Å²) in [5, 5.41) is 0. The summed E-state index contributed by atoms with van der Waals surface area (Å²) in [4.78, 5) is 11.9. The van der Waals surface area contributed by atoms with E-state index in [1.807, 2.05) is 25.1 Å². The van der Waals surface area contributed by atoms with Crippen molar-refractivity contribution in [3.8, 4) is 5.75 Å². The minimum absolute atomic E-state index is 0.130. The molecule has 0 fully saturated rings. The molecule has 0 heterocycles. The molecule has 1 rings (SSSR count). The van der Waals surface area contributed by atoms with Crippen LogP contribution < -0.4 is 4.74 Å². The van der Waals surface area contributed by atoms with E-state index < -0.39 is 0 Å². The average molecular weight is 210 g/mol. The molecule has 0 spiro atoms. The van der Waals surface area contributed by atoms with E-state index in [2.05, 4.69) is 12.6 Å². The van der Waals surface area contributed by atoms with Crippen LogP contribution in [0.2, 0.25) is 0 Å². The Bertz CT molecular complexity index is 334. The highest BCUT2D eigenvalue weighted by atomic mass is 32.1. The SMILES string of the molecule is CCOc1ccc(S)cc1CC(C)=O. The Balaban J connectivity index is 2.96. The molecule has 76 valence electrons. The predicted molar refractivity (Wildman–Crippen MR) is 59.2 cm³/mol. The summed E-state index contributed by atoms with van der Waals surface area (Å²) >= 11 is 4.23. The highest BCUT2D eigenvalue weighted by Gasteiger charge is 2.06. The van der Waals surface area contributed by atoms with E-state index >= 15 is 0 Å². The van der Waals surface area contributed by atoms with Gasteiger partial charge in [0.15, 0.2) is 0 Å². The Labute approximate surface area is 89.7 Å². The lowest BCUT2D eigenvalue weighted by Crippen LogP contribution is -2.01. The van der Waals surface area contributed by atoms with Crippen LogP contribution in [0.3, 0.4) is 0 Å². The molecular weight excluding hydrogens is 196 g/mol. The maximum Gasteiger partial charge on any atom is 0.134 e. The third-order valence-corrected chi connectivity index (χ3v) is 2.06. The Morgan fingerprint density at radius 2 is 2.21 bits per heavy atom. The molecule has 0 saturated heterocycles. The van der Waals surface area contributed by atoms with Gasteiger partial charge in [-0.2, -0.15) is 0 Å². The minimum atomic E-state index is 0.130. The molecule has 0 aliphatic heterocycles. The van der Waals surface area contributed by atoms with Gasteiger partial charge >= 0.3 is 0 Å². The molecule has 0 aliphatic rings. The lowest BCUT2D eigenvalue weighted by atomic mass is 10.1. The van der Waals surface area contributed by atoms with Crippen molar-refractivity contribution >= 4 is 18.4 Å². The van der Waals surface area contributed by atoms with E-state index in [0.717, 1.165) is 16.2 Å². The van der Waals surface area contributed by atoms with Crippen LogP contribution in [0.4, 0.5) is 0 Å². The van der Waals surface area contributed by atoms with Crippen molar-refractivity contribution in [1.82, 2.24) is 0 Å². The van der Waals surface area contributed by atoms with Gasteiger partial charge in [0, 0.05) is 16.9 Å². The van der Waals surface area contributed by atoms with Gasteiger partial charge in [0.05, 0.1) is 6.61 Å². The number of benzene rings is 1. The van der Waals surface area contributed by atoms with Gasteiger partial charge in [-0.3, -0.25) is 4.79 Å². The first-order valence-corrected chi connectivity index (χ1v) is 5.02. The zero-order valence-electron chi connectivity index (χ0n) is 8.41. The summed E-state index contributed by atoms with van der Waals surface area (Å²) in [7, 11) is 0. The number of hydrogen-bond donors (Lipinski definition) is 1. The number of hydrogen-bond acceptors (Lipinski definition) is 3. The molecule has 2 nitrogen and oxygen atoms in total. The summed E-state index contributed by atoms with van der Waals surface area (Å²) in [5.41, 5.74) is 0.909. The number of ether oxygens (including phenoxy) is 1. The second-order valence-corrected chi connectivity index (χ2v) is 3.62. The number of carbonyl (C=O) groups excluding carboxylic acids is 1. The van der Waals surface area contributed by atoms with E-state index in [-0.39, 0.29) is 5.78 Å². The zero-order chi connectivity index (χ0) is 10.6. The Hall–Kier alpha value is -0.960. The van der Waals surface area contributed by atoms with Crippen molar-refractivity contribution in [3.05, 3.63) is 23.8 Å². The topological polar surface area (TPSA) is 26.3 Å². The molecule has 1 aromatic carbocycles. The van der Waals surface area contributed by atoms with Crippen LogP contribution >= 0.6 is 12.6 Å². The minimum Gasteiger partial charge on any atom is -0.494 e. The maximum atomic E-state index is 11.0. The smallest absolute Gasteiger partial charge is 0.134 e. The third kappa shape index (κ3) is 3.07. The van der Waals surface area contributed by atoms with E-state index in [1.54, 1.807) is 6.92 Å². The average Bonchev–Trinajstić information content (AvgIpc) is 2.09. The van der Waals surface area contributed by atoms with Crippen LogP contribution in [0.5, 0.6) is 5.75 Å². The van der Waals surface area contributed by atoms with Crippen molar-refractivity contribution in [3.63, 3.8) is 0 Å². The molecule has 0 saturated carbocycles. The maximum absolute atomic E-state index is 11.0. The number of Topliss-reactive ketones (excluding diaryl/α,β-unsaturated/α-hetero) is 1. The molecule has 0 radical (unpaired) electrons. The molecule has 0 unspecified atom stereocenters. The lowest BCUT2D eigenvalue weighted by Gasteiger charge is -2.09. The second-order valence-electron chi connectivity index (χ2n) is 3.10. The molecule has 0 bridgehead atoms. The third-order valence-electron chi connectivity index (χ3n) is 1.78. The number of thiol groups is 1. The summed E-state index contributed by atoms with van der Waals surface area (Å²) in [6, 6.07) is 5.58. The van der Waals surface area contributed by atoms with Crippen molar-refractivity contribution in [2.45, 2.75) is 25.2 Å². The number of rotatable bonds is 4. The van der Waals surface area contributed by atoms with Crippen LogP contribution in [0.15, 0.2) is 23.1 Å². The van der Waals surface area contributed by atoms with Gasteiger partial charge in [0.25, 0.3) is 0 Å². The lowest BCUT2D eigenvalue weighted by molar-refractivity contribution is -0.116. The molecule has 0 atom stereocenters. The van der Waals surface area contributed by atoms with E-state index in [1.165, 1.54) is 0 Å². The highest BCUT2D eigenvalue weighted by Crippen LogP contribution is 2.22. The van der Waals surface area contributed by atoms with Crippen LogP contribution in [-0.2, 0) is 11.2 Å². The quantitative estimate of drug-likeness (QED) is 0.773. The van der Waals surface area contributed by atoms with E-state index in [4.69, 9.17) is 4.74 Å². The van der Waals surface area contributed by atoms with Crippen LogP contribution in [0.1, 0.15) is 19.4 Å². The largest absolute Gasteiger partial charge is 0.494 e. The molecule has 14 heavy (non-hydrogen) atoms. The van der Waals surface area contributed by atoms with Crippen LogP contribution in [-0.4, -0.2) is 12.4 Å². The first kappa shape index (κ1) is 11.1. The van der Waals surface area contributed by atoms with Crippen molar-refractivity contribution in [1.29, 1.82) is 0 Å². The van der Waals surface area contributed by atoms with Gasteiger partial charge in [0.2, 0.25) is 0 Å². The molecule has 3 heteroatoms. The number of carbonyl (C=O) groups is 1. The monoisotopic (exact) mass is 210 g/mol. The van der Waals surface area contributed by atoms with Gasteiger partial charge in [-0.15, -0.1) is 12.6 Å². The van der Waals surface area contributed by atoms with Crippen molar-refractivity contribution < 1.29 is 9.53 Å². The fraction of sp³-hybridized carbons (Fsp3) is 0.364. The summed E-state index contributed by atoms with van der Waals surface area (Å²) in [5.74, 6) is 0.908. The molecule has 0 N–H and O–H groups in total. The molecule has 0 aromatic heterocycles. The predicted octanol–water partition coefficient (Wildman–Crippen LogP) is 2.51. The zero-order valence-corrected chi connectivity index (χ0v) is 9.30. The van der Waals surface area contributed by atoms with Crippen LogP contribution in [0.25, 0.3) is 0 Å². The van der Waals surface area contributed by atoms with Crippen molar-refractivity contribution in [2.75, 3.05) is 6.61 Å². The molecular formula is C11H14O2S. The normalized spacial score (nSPS) is 9.93.